The smallest absolute Gasteiger partial charge is 0.000707 e. The van der Waals surface area contributed by atoms with E-state index in [9.17, 15) is 0 Å². The normalized spacial score (nSPS) is 11.7. The highest BCUT2D eigenvalue weighted by Crippen LogP contribution is 2.18. The zero-order valence-corrected chi connectivity index (χ0v) is 9.67. The van der Waals surface area contributed by atoms with Gasteiger partial charge in [0.25, 0.3) is 0 Å². The molecule has 0 aromatic heterocycles. The molecule has 1 rings (SSSR count). The molecule has 1 atom stereocenters. The number of aryl methyl sites for hydroxylation is 1. The molecule has 0 amide bonds. The first-order valence-electron chi connectivity index (χ1n) is 4.85. The van der Waals surface area contributed by atoms with Crippen LogP contribution in [0, 0.1) is 6.92 Å². The van der Waals surface area contributed by atoms with E-state index in [0.29, 0.717) is 0 Å². The van der Waals surface area contributed by atoms with Gasteiger partial charge in [-0.3, -0.25) is 4.67 Å². The maximum absolute atomic E-state index is 2.46. The quantitative estimate of drug-likeness (QED) is 0.667. The lowest BCUT2D eigenvalue weighted by molar-refractivity contribution is 0.519. The van der Waals surface area contributed by atoms with E-state index in [1.54, 1.807) is 0 Å². The van der Waals surface area contributed by atoms with Crippen molar-refractivity contribution in [1.29, 1.82) is 0 Å². The minimum atomic E-state index is 0.828. The van der Waals surface area contributed by atoms with E-state index in [-0.39, 0.29) is 0 Å². The van der Waals surface area contributed by atoms with Crippen molar-refractivity contribution >= 4 is 14.0 Å². The van der Waals surface area contributed by atoms with Crippen LogP contribution in [0.25, 0.3) is 0 Å². The van der Waals surface area contributed by atoms with E-state index in [1.807, 2.05) is 0 Å². The number of hydrogen-bond acceptors (Lipinski definition) is 1. The van der Waals surface area contributed by atoms with Crippen molar-refractivity contribution in [1.82, 2.24) is 4.67 Å². The summed E-state index contributed by atoms with van der Waals surface area (Å²) in [5.74, 6) is 0. The van der Waals surface area contributed by atoms with Gasteiger partial charge in [0.15, 0.2) is 0 Å². The van der Waals surface area contributed by atoms with Gasteiger partial charge in [-0.25, -0.2) is 0 Å². The third-order valence-corrected chi connectivity index (χ3v) is 3.94. The van der Waals surface area contributed by atoms with Crippen molar-refractivity contribution in [3.8, 4) is 0 Å². The van der Waals surface area contributed by atoms with Gasteiger partial charge in [0, 0.05) is 0 Å². The van der Waals surface area contributed by atoms with E-state index >= 15 is 0 Å². The van der Waals surface area contributed by atoms with E-state index < -0.39 is 0 Å². The van der Waals surface area contributed by atoms with Crippen molar-refractivity contribution < 1.29 is 0 Å². The average Bonchev–Trinajstić information content (AvgIpc) is 2.17. The molecule has 0 N–H and O–H groups in total. The van der Waals surface area contributed by atoms with Crippen LogP contribution in [0.5, 0.6) is 0 Å². The van der Waals surface area contributed by atoms with Crippen molar-refractivity contribution in [2.24, 2.45) is 0 Å². The largest absolute Gasteiger partial charge is 0.281 e. The first kappa shape index (κ1) is 10.7. The van der Waals surface area contributed by atoms with Crippen LogP contribution in [0.4, 0.5) is 0 Å². The molecular weight excluding hydrogens is 177 g/mol. The molecule has 0 saturated heterocycles. The molecule has 13 heavy (non-hydrogen) atoms. The van der Waals surface area contributed by atoms with E-state index in [4.69, 9.17) is 0 Å². The highest BCUT2D eigenvalue weighted by Gasteiger charge is 2.02. The summed E-state index contributed by atoms with van der Waals surface area (Å²) in [5.41, 5.74) is 1.41. The number of rotatable bonds is 4. The fourth-order valence-electron chi connectivity index (χ4n) is 1.25. The molecule has 0 aliphatic carbocycles. The fourth-order valence-corrected chi connectivity index (χ4v) is 2.34. The third-order valence-electron chi connectivity index (χ3n) is 2.19. The highest BCUT2D eigenvalue weighted by molar-refractivity contribution is 7.44. The lowest BCUT2D eigenvalue weighted by Crippen LogP contribution is -2.17. The van der Waals surface area contributed by atoms with Gasteiger partial charge in [-0.15, -0.1) is 0 Å². The standard InChI is InChI=1S/C11H18NP/c1-4-12(5-2)13-11-9-7-6-8-10(11)3/h6-9,13H,4-5H2,1-3H3. The Morgan fingerprint density at radius 1 is 1.15 bits per heavy atom. The van der Waals surface area contributed by atoms with Gasteiger partial charge in [-0.1, -0.05) is 38.1 Å². The van der Waals surface area contributed by atoms with Crippen LogP contribution in [0.2, 0.25) is 0 Å². The zero-order valence-electron chi connectivity index (χ0n) is 8.67. The van der Waals surface area contributed by atoms with Crippen LogP contribution >= 0.6 is 8.73 Å². The zero-order chi connectivity index (χ0) is 9.68. The Morgan fingerprint density at radius 2 is 1.77 bits per heavy atom. The minimum Gasteiger partial charge on any atom is -0.281 e. The molecule has 2 heteroatoms. The van der Waals surface area contributed by atoms with Gasteiger partial charge >= 0.3 is 0 Å². The lowest BCUT2D eigenvalue weighted by atomic mass is 10.2. The maximum Gasteiger partial charge on any atom is -0.000707 e. The lowest BCUT2D eigenvalue weighted by Gasteiger charge is -2.18. The second-order valence-electron chi connectivity index (χ2n) is 3.10. The molecule has 0 aliphatic rings. The maximum atomic E-state index is 2.46. The molecule has 1 aromatic rings. The third kappa shape index (κ3) is 3.10. The summed E-state index contributed by atoms with van der Waals surface area (Å²) >= 11 is 0. The summed E-state index contributed by atoms with van der Waals surface area (Å²) in [4.78, 5) is 0. The number of nitrogens with zero attached hydrogens (tertiary/aromatic N) is 1. The number of hydrogen-bond donors (Lipinski definition) is 0. The van der Waals surface area contributed by atoms with Crippen LogP contribution < -0.4 is 5.30 Å². The van der Waals surface area contributed by atoms with Crippen molar-refractivity contribution in [3.63, 3.8) is 0 Å². The van der Waals surface area contributed by atoms with Crippen LogP contribution in [0.15, 0.2) is 24.3 Å². The van der Waals surface area contributed by atoms with Gasteiger partial charge < -0.3 is 0 Å². The monoisotopic (exact) mass is 195 g/mol. The topological polar surface area (TPSA) is 3.24 Å². The van der Waals surface area contributed by atoms with Crippen molar-refractivity contribution in [3.05, 3.63) is 29.8 Å². The first-order chi connectivity index (χ1) is 6.27. The molecule has 1 nitrogen and oxygen atoms in total. The molecule has 0 spiro atoms. The van der Waals surface area contributed by atoms with Gasteiger partial charge in [-0.2, -0.15) is 0 Å². The summed E-state index contributed by atoms with van der Waals surface area (Å²) in [5, 5.41) is 1.48. The molecule has 0 radical (unpaired) electrons. The van der Waals surface area contributed by atoms with Crippen LogP contribution in [0.1, 0.15) is 19.4 Å². The Balaban J connectivity index is 2.67. The summed E-state index contributed by atoms with van der Waals surface area (Å²) in [7, 11) is 0.828. The predicted molar refractivity (Wildman–Crippen MR) is 62.0 cm³/mol. The summed E-state index contributed by atoms with van der Waals surface area (Å²) in [6.45, 7) is 8.90. The van der Waals surface area contributed by atoms with Gasteiger partial charge in [-0.05, 0) is 39.6 Å². The Labute approximate surface area is 83.0 Å². The van der Waals surface area contributed by atoms with Gasteiger partial charge in [0.2, 0.25) is 0 Å². The molecule has 0 fully saturated rings. The Bertz CT molecular complexity index is 256. The molecule has 0 aliphatic heterocycles. The van der Waals surface area contributed by atoms with Crippen LogP contribution in [-0.2, 0) is 0 Å². The molecule has 0 bridgehead atoms. The Kier molecular flexibility index (Phi) is 4.41. The second kappa shape index (κ2) is 5.36. The molecule has 1 aromatic carbocycles. The predicted octanol–water partition coefficient (Wildman–Crippen LogP) is 2.56. The summed E-state index contributed by atoms with van der Waals surface area (Å²) in [6.07, 6.45) is 0. The van der Waals surface area contributed by atoms with E-state index in [2.05, 4.69) is 49.7 Å². The van der Waals surface area contributed by atoms with Crippen LogP contribution in [0.3, 0.4) is 0 Å². The molecule has 72 valence electrons. The van der Waals surface area contributed by atoms with Gasteiger partial charge in [0.1, 0.15) is 0 Å². The van der Waals surface area contributed by atoms with Gasteiger partial charge in [0.05, 0.1) is 0 Å². The van der Waals surface area contributed by atoms with E-state index in [1.165, 1.54) is 10.9 Å². The second-order valence-corrected chi connectivity index (χ2v) is 4.49. The SMILES string of the molecule is CCN(CC)Pc1ccccc1C. The average molecular weight is 195 g/mol. The van der Waals surface area contributed by atoms with Crippen molar-refractivity contribution in [2.45, 2.75) is 20.8 Å². The van der Waals surface area contributed by atoms with Crippen molar-refractivity contribution in [2.75, 3.05) is 13.1 Å². The molecule has 1 unspecified atom stereocenters. The molecular formula is C11H18NP. The Morgan fingerprint density at radius 3 is 2.31 bits per heavy atom. The molecule has 0 saturated carbocycles. The van der Waals surface area contributed by atoms with Crippen LogP contribution in [-0.4, -0.2) is 17.8 Å². The fraction of sp³-hybridized carbons (Fsp3) is 0.455. The van der Waals surface area contributed by atoms with E-state index in [0.717, 1.165) is 21.8 Å². The molecule has 0 heterocycles. The highest BCUT2D eigenvalue weighted by atomic mass is 31.1. The minimum absolute atomic E-state index is 0.828. The summed E-state index contributed by atoms with van der Waals surface area (Å²) < 4.78 is 2.46. The number of benzene rings is 1. The Hall–Kier alpha value is -0.390. The summed E-state index contributed by atoms with van der Waals surface area (Å²) in [6, 6.07) is 8.64. The first-order valence-corrected chi connectivity index (χ1v) is 5.79.